The number of imidazole rings is 1. The second kappa shape index (κ2) is 10.8. The number of carbonyl (C=O) groups excluding carboxylic acids is 2. The summed E-state index contributed by atoms with van der Waals surface area (Å²) in [5.41, 5.74) is 14.8. The molecule has 4 aliphatic rings. The van der Waals surface area contributed by atoms with Crippen molar-refractivity contribution in [1.82, 2.24) is 19.0 Å². The number of hydrogen-bond donors (Lipinski definition) is 2. The van der Waals surface area contributed by atoms with E-state index < -0.39 is 0 Å². The summed E-state index contributed by atoms with van der Waals surface area (Å²) in [7, 11) is 5.35. The zero-order valence-corrected chi connectivity index (χ0v) is 27.6. The molecule has 2 bridgehead atoms. The van der Waals surface area contributed by atoms with Gasteiger partial charge in [-0.1, -0.05) is 12.1 Å². The molecular formula is C38H40N6O4. The molecule has 48 heavy (non-hydrogen) atoms. The number of anilines is 1. The Morgan fingerprint density at radius 3 is 2.56 bits per heavy atom. The smallest absolute Gasteiger partial charge is 0.254 e. The largest absolute Gasteiger partial charge is 0.496 e. The van der Waals surface area contributed by atoms with Gasteiger partial charge in [-0.3, -0.25) is 9.59 Å². The molecule has 0 radical (unpaired) electrons. The number of hydrogen-bond acceptors (Lipinski definition) is 6. The van der Waals surface area contributed by atoms with Crippen LogP contribution in [0.3, 0.4) is 0 Å². The van der Waals surface area contributed by atoms with E-state index in [4.69, 9.17) is 20.2 Å². The Bertz CT molecular complexity index is 2160. The number of aryl methyl sites for hydroxylation is 2. The molecule has 3 aromatic carbocycles. The van der Waals surface area contributed by atoms with Crippen molar-refractivity contribution in [3.05, 3.63) is 59.7 Å². The molecule has 1 saturated heterocycles. The van der Waals surface area contributed by atoms with Crippen molar-refractivity contribution in [2.45, 2.75) is 57.2 Å². The maximum absolute atomic E-state index is 13.8. The van der Waals surface area contributed by atoms with Gasteiger partial charge in [0.1, 0.15) is 17.0 Å². The SMILES string of the molecule is COc1cc2c(cc1-c1ccc3cc(-c4nc5cc(C(=O)N6CC7CCC6[C@@H]7N)cc(OC)c5n4C)n(CC4CC4)c3c1)CCC(=O)N2. The van der Waals surface area contributed by atoms with Gasteiger partial charge in [-0.2, -0.15) is 0 Å². The van der Waals surface area contributed by atoms with Crippen LogP contribution in [-0.2, 0) is 24.8 Å². The van der Waals surface area contributed by atoms with Crippen LogP contribution in [-0.4, -0.2) is 63.7 Å². The monoisotopic (exact) mass is 644 g/mol. The first-order valence-electron chi connectivity index (χ1n) is 17.1. The number of benzene rings is 3. The zero-order valence-electron chi connectivity index (χ0n) is 27.6. The lowest BCUT2D eigenvalue weighted by molar-refractivity contribution is -0.116. The van der Waals surface area contributed by atoms with Crippen LogP contribution in [0.1, 0.15) is 48.0 Å². The number of nitrogens with one attached hydrogen (secondary N) is 1. The maximum atomic E-state index is 13.8. The van der Waals surface area contributed by atoms with E-state index in [0.29, 0.717) is 36.0 Å². The van der Waals surface area contributed by atoms with E-state index in [0.717, 1.165) is 87.5 Å². The molecule has 2 unspecified atom stereocenters. The zero-order chi connectivity index (χ0) is 32.8. The number of fused-ring (bicyclic) bond motifs is 5. The molecular weight excluding hydrogens is 604 g/mol. The van der Waals surface area contributed by atoms with E-state index in [1.165, 1.54) is 12.8 Å². The first kappa shape index (κ1) is 29.3. The van der Waals surface area contributed by atoms with Gasteiger partial charge >= 0.3 is 0 Å². The topological polar surface area (TPSA) is 117 Å². The molecule has 9 rings (SSSR count). The highest BCUT2D eigenvalue weighted by Crippen LogP contribution is 2.42. The third kappa shape index (κ3) is 4.52. The summed E-state index contributed by atoms with van der Waals surface area (Å²) in [5, 5.41) is 4.12. The minimum absolute atomic E-state index is 0.000385. The lowest BCUT2D eigenvalue weighted by Crippen LogP contribution is -2.41. The summed E-state index contributed by atoms with van der Waals surface area (Å²) in [5.74, 6) is 3.24. The molecule has 2 saturated carbocycles. The van der Waals surface area contributed by atoms with E-state index in [1.807, 2.05) is 30.1 Å². The van der Waals surface area contributed by atoms with Crippen LogP contribution in [0.15, 0.2) is 48.5 Å². The highest BCUT2D eigenvalue weighted by Gasteiger charge is 2.47. The number of methoxy groups -OCH3 is 2. The third-order valence-corrected chi connectivity index (χ3v) is 11.2. The van der Waals surface area contributed by atoms with Gasteiger partial charge in [0.05, 0.1) is 25.4 Å². The number of aromatic nitrogens is 3. The molecule has 3 fully saturated rings. The van der Waals surface area contributed by atoms with Crippen LogP contribution in [0.4, 0.5) is 5.69 Å². The Balaban J connectivity index is 1.15. The van der Waals surface area contributed by atoms with E-state index in [1.54, 1.807) is 14.2 Å². The van der Waals surface area contributed by atoms with E-state index >= 15 is 0 Å². The summed E-state index contributed by atoms with van der Waals surface area (Å²) >= 11 is 0. The van der Waals surface area contributed by atoms with Crippen molar-refractivity contribution in [3.63, 3.8) is 0 Å². The van der Waals surface area contributed by atoms with Crippen molar-refractivity contribution in [1.29, 1.82) is 0 Å². The molecule has 2 amide bonds. The van der Waals surface area contributed by atoms with Crippen molar-refractivity contribution in [2.24, 2.45) is 24.6 Å². The van der Waals surface area contributed by atoms with Gasteiger partial charge < -0.3 is 34.6 Å². The number of nitrogens with zero attached hydrogens (tertiary/aromatic N) is 4. The Kier molecular flexibility index (Phi) is 6.63. The summed E-state index contributed by atoms with van der Waals surface area (Å²) in [6, 6.07) is 16.8. The van der Waals surface area contributed by atoms with Gasteiger partial charge in [0.25, 0.3) is 5.91 Å². The Morgan fingerprint density at radius 1 is 1.00 bits per heavy atom. The summed E-state index contributed by atoms with van der Waals surface area (Å²) < 4.78 is 16.2. The van der Waals surface area contributed by atoms with Crippen LogP contribution in [0, 0.1) is 11.8 Å². The van der Waals surface area contributed by atoms with Gasteiger partial charge in [-0.05, 0) is 85.4 Å². The fraction of sp³-hybridized carbons (Fsp3) is 0.395. The van der Waals surface area contributed by atoms with Crippen molar-refractivity contribution in [2.75, 3.05) is 26.1 Å². The van der Waals surface area contributed by atoms with E-state index in [9.17, 15) is 9.59 Å². The van der Waals surface area contributed by atoms with Gasteiger partial charge in [-0.15, -0.1) is 0 Å². The van der Waals surface area contributed by atoms with Crippen molar-refractivity contribution < 1.29 is 19.1 Å². The van der Waals surface area contributed by atoms with Gasteiger partial charge in [0.15, 0.2) is 5.82 Å². The fourth-order valence-corrected chi connectivity index (χ4v) is 8.43. The summed E-state index contributed by atoms with van der Waals surface area (Å²) in [6.07, 6.45) is 5.68. The quantitative estimate of drug-likeness (QED) is 0.234. The Hall–Kier alpha value is -4.83. The van der Waals surface area contributed by atoms with Crippen LogP contribution in [0.25, 0.3) is 44.6 Å². The highest BCUT2D eigenvalue weighted by atomic mass is 16.5. The lowest BCUT2D eigenvalue weighted by Gasteiger charge is -2.27. The highest BCUT2D eigenvalue weighted by molar-refractivity contribution is 6.01. The van der Waals surface area contributed by atoms with Gasteiger partial charge in [0, 0.05) is 72.4 Å². The van der Waals surface area contributed by atoms with E-state index in [2.05, 4.69) is 44.8 Å². The molecule has 2 aliphatic heterocycles. The molecule has 2 aromatic heterocycles. The standard InChI is InChI=1S/C38H40N6O4/c1-42-36-28(13-25(16-33(36)48-3)38(46)44-19-24-8-10-29(44)35(24)39)41-37(42)31-15-23-7-6-21(14-30(23)43(31)18-20-4-5-20)26-12-22-9-11-34(45)40-27(22)17-32(26)47-2/h6-7,12-17,20,24,29,35H,4-5,8-11,18-19,39H2,1-3H3,(H,40,45)/t24?,29?,35-/m1/s1. The number of amides is 2. The first-order valence-corrected chi connectivity index (χ1v) is 17.1. The number of ether oxygens (including phenoxy) is 2. The Labute approximate surface area is 278 Å². The van der Waals surface area contributed by atoms with Gasteiger partial charge in [0.2, 0.25) is 5.91 Å². The molecule has 4 heterocycles. The molecule has 2 aliphatic carbocycles. The number of piperidine rings is 1. The predicted octanol–water partition coefficient (Wildman–Crippen LogP) is 5.74. The first-order chi connectivity index (χ1) is 23.3. The normalized spacial score (nSPS) is 21.6. The molecule has 3 N–H and O–H groups in total. The van der Waals surface area contributed by atoms with E-state index in [-0.39, 0.29) is 23.9 Å². The number of nitrogens with two attached hydrogens (primary N) is 1. The van der Waals surface area contributed by atoms with Crippen LogP contribution in [0.5, 0.6) is 11.5 Å². The second-order valence-corrected chi connectivity index (χ2v) is 14.1. The summed E-state index contributed by atoms with van der Waals surface area (Å²) in [6.45, 7) is 1.62. The van der Waals surface area contributed by atoms with Gasteiger partial charge in [-0.25, -0.2) is 4.98 Å². The fourth-order valence-electron chi connectivity index (χ4n) is 8.43. The lowest BCUT2D eigenvalue weighted by atomic mass is 9.95. The van der Waals surface area contributed by atoms with Crippen LogP contribution >= 0.6 is 0 Å². The maximum Gasteiger partial charge on any atom is 0.254 e. The molecule has 0 spiro atoms. The second-order valence-electron chi connectivity index (χ2n) is 14.1. The molecule has 10 nitrogen and oxygen atoms in total. The number of likely N-dealkylation sites (tertiary alicyclic amines) is 1. The molecule has 3 atom stereocenters. The molecule has 10 heteroatoms. The summed E-state index contributed by atoms with van der Waals surface area (Å²) in [4.78, 5) is 33.0. The Morgan fingerprint density at radius 2 is 1.83 bits per heavy atom. The predicted molar refractivity (Wildman–Crippen MR) is 185 cm³/mol. The average Bonchev–Trinajstić information content (AvgIpc) is 3.50. The molecule has 5 aromatic rings. The van der Waals surface area contributed by atoms with Crippen LogP contribution < -0.4 is 20.5 Å². The minimum atomic E-state index is 0.000385. The van der Waals surface area contributed by atoms with Crippen molar-refractivity contribution in [3.8, 4) is 34.1 Å². The number of rotatable bonds is 7. The van der Waals surface area contributed by atoms with Crippen molar-refractivity contribution >= 4 is 39.4 Å². The number of carbonyl (C=O) groups is 2. The third-order valence-electron chi connectivity index (χ3n) is 11.2. The molecule has 246 valence electrons. The average molecular weight is 645 g/mol. The minimum Gasteiger partial charge on any atom is -0.496 e. The van der Waals surface area contributed by atoms with Crippen LogP contribution in [0.2, 0.25) is 0 Å².